The quantitative estimate of drug-likeness (QED) is 0.859. The number of aromatic nitrogens is 1. The molecule has 0 bridgehead atoms. The van der Waals surface area contributed by atoms with E-state index in [9.17, 15) is 10.1 Å². The maximum absolute atomic E-state index is 13.1. The van der Waals surface area contributed by atoms with Crippen molar-refractivity contribution < 1.29 is 9.53 Å². The van der Waals surface area contributed by atoms with E-state index in [0.29, 0.717) is 18.0 Å². The molecule has 2 heterocycles. The van der Waals surface area contributed by atoms with Gasteiger partial charge >= 0.3 is 0 Å². The number of carbonyl (C=O) groups is 1. The zero-order valence-corrected chi connectivity index (χ0v) is 14.3. The Hall–Kier alpha value is -2.87. The third kappa shape index (κ3) is 3.48. The fourth-order valence-corrected chi connectivity index (χ4v) is 3.47. The van der Waals surface area contributed by atoms with Crippen LogP contribution in [0.2, 0.25) is 0 Å². The first-order valence-corrected chi connectivity index (χ1v) is 8.50. The number of piperidine rings is 1. The first kappa shape index (κ1) is 17.0. The summed E-state index contributed by atoms with van der Waals surface area (Å²) in [7, 11) is 1.51. The van der Waals surface area contributed by atoms with Crippen molar-refractivity contribution in [2.24, 2.45) is 0 Å². The van der Waals surface area contributed by atoms with Crippen LogP contribution in [0, 0.1) is 11.3 Å². The molecule has 0 aliphatic carbocycles. The smallest absolute Gasteiger partial charge is 0.259 e. The first-order valence-electron chi connectivity index (χ1n) is 8.50. The van der Waals surface area contributed by atoms with Gasteiger partial charge in [0.25, 0.3) is 5.91 Å². The highest BCUT2D eigenvalue weighted by Crippen LogP contribution is 2.32. The highest BCUT2D eigenvalue weighted by atomic mass is 16.5. The Morgan fingerprint density at radius 2 is 2.08 bits per heavy atom. The molecule has 1 fully saturated rings. The molecule has 5 heteroatoms. The summed E-state index contributed by atoms with van der Waals surface area (Å²) in [6, 6.07) is 15.4. The minimum atomic E-state index is -0.340. The SMILES string of the molecule is COc1ncccc1C(=O)N1CCCC[C@@H]1[C@H](C#N)c1ccccc1. The molecule has 1 saturated heterocycles. The molecule has 0 N–H and O–H groups in total. The molecule has 0 saturated carbocycles. The first-order chi connectivity index (χ1) is 12.3. The largest absolute Gasteiger partial charge is 0.480 e. The molecule has 0 radical (unpaired) electrons. The van der Waals surface area contributed by atoms with Crippen LogP contribution in [-0.4, -0.2) is 35.5 Å². The van der Waals surface area contributed by atoms with E-state index in [2.05, 4.69) is 11.1 Å². The summed E-state index contributed by atoms with van der Waals surface area (Å²) in [5.41, 5.74) is 1.40. The van der Waals surface area contributed by atoms with Crippen molar-refractivity contribution in [3.05, 3.63) is 59.8 Å². The Morgan fingerprint density at radius 3 is 2.80 bits per heavy atom. The van der Waals surface area contributed by atoms with Gasteiger partial charge in [-0.15, -0.1) is 0 Å². The van der Waals surface area contributed by atoms with Crippen molar-refractivity contribution in [1.82, 2.24) is 9.88 Å². The number of hydrogen-bond acceptors (Lipinski definition) is 4. The lowest BCUT2D eigenvalue weighted by Crippen LogP contribution is -2.46. The van der Waals surface area contributed by atoms with Crippen LogP contribution >= 0.6 is 0 Å². The number of nitrogens with zero attached hydrogens (tertiary/aromatic N) is 3. The minimum absolute atomic E-state index is 0.120. The van der Waals surface area contributed by atoms with Crippen LogP contribution in [0.3, 0.4) is 0 Å². The number of methoxy groups -OCH3 is 1. The van der Waals surface area contributed by atoms with Crippen molar-refractivity contribution in [2.75, 3.05) is 13.7 Å². The molecule has 5 nitrogen and oxygen atoms in total. The van der Waals surface area contributed by atoms with Crippen LogP contribution in [0.5, 0.6) is 5.88 Å². The standard InChI is InChI=1S/C20H21N3O2/c1-25-19-16(10-7-12-22-19)20(24)23-13-6-5-11-18(23)17(14-21)15-8-3-2-4-9-15/h2-4,7-10,12,17-18H,5-6,11,13H2,1H3/t17-,18-/m1/s1. The third-order valence-electron chi connectivity index (χ3n) is 4.69. The predicted molar refractivity (Wildman–Crippen MR) is 94.3 cm³/mol. The van der Waals surface area contributed by atoms with E-state index < -0.39 is 0 Å². The number of hydrogen-bond donors (Lipinski definition) is 0. The van der Waals surface area contributed by atoms with Gasteiger partial charge in [-0.1, -0.05) is 30.3 Å². The molecular weight excluding hydrogens is 314 g/mol. The van der Waals surface area contributed by atoms with Gasteiger partial charge in [-0.2, -0.15) is 5.26 Å². The van der Waals surface area contributed by atoms with Crippen LogP contribution in [0.4, 0.5) is 0 Å². The summed E-state index contributed by atoms with van der Waals surface area (Å²) < 4.78 is 5.24. The topological polar surface area (TPSA) is 66.2 Å². The summed E-state index contributed by atoms with van der Waals surface area (Å²) >= 11 is 0. The van der Waals surface area contributed by atoms with E-state index in [1.807, 2.05) is 35.2 Å². The van der Waals surface area contributed by atoms with Gasteiger partial charge in [0.2, 0.25) is 5.88 Å². The van der Waals surface area contributed by atoms with Crippen molar-refractivity contribution in [2.45, 2.75) is 31.2 Å². The van der Waals surface area contributed by atoms with Crippen LogP contribution in [0.1, 0.15) is 41.1 Å². The number of carbonyl (C=O) groups excluding carboxylic acids is 1. The van der Waals surface area contributed by atoms with Gasteiger partial charge in [0.05, 0.1) is 25.1 Å². The van der Waals surface area contributed by atoms with E-state index in [1.165, 1.54) is 7.11 Å². The molecule has 1 aromatic heterocycles. The zero-order chi connectivity index (χ0) is 17.6. The molecule has 0 unspecified atom stereocenters. The van der Waals surface area contributed by atoms with Gasteiger partial charge in [-0.3, -0.25) is 4.79 Å². The van der Waals surface area contributed by atoms with Crippen molar-refractivity contribution in [3.8, 4) is 11.9 Å². The molecule has 2 atom stereocenters. The Morgan fingerprint density at radius 1 is 1.28 bits per heavy atom. The van der Waals surface area contributed by atoms with E-state index in [1.54, 1.807) is 18.3 Å². The van der Waals surface area contributed by atoms with Gasteiger partial charge in [-0.05, 0) is 37.0 Å². The highest BCUT2D eigenvalue weighted by Gasteiger charge is 2.35. The van der Waals surface area contributed by atoms with Crippen molar-refractivity contribution in [3.63, 3.8) is 0 Å². The Labute approximate surface area is 147 Å². The summed E-state index contributed by atoms with van der Waals surface area (Å²) in [4.78, 5) is 19.1. The molecule has 1 aromatic carbocycles. The Bertz CT molecular complexity index is 770. The zero-order valence-electron chi connectivity index (χ0n) is 14.3. The summed E-state index contributed by atoms with van der Waals surface area (Å²) in [6.07, 6.45) is 4.38. The Kier molecular flexibility index (Phi) is 5.30. The van der Waals surface area contributed by atoms with Gasteiger partial charge in [0, 0.05) is 12.7 Å². The average Bonchev–Trinajstić information content (AvgIpc) is 2.69. The van der Waals surface area contributed by atoms with Crippen LogP contribution in [0.25, 0.3) is 0 Å². The van der Waals surface area contributed by atoms with Gasteiger partial charge in [0.15, 0.2) is 0 Å². The monoisotopic (exact) mass is 335 g/mol. The van der Waals surface area contributed by atoms with Crippen LogP contribution in [-0.2, 0) is 0 Å². The second-order valence-corrected chi connectivity index (χ2v) is 6.14. The molecule has 128 valence electrons. The summed E-state index contributed by atoms with van der Waals surface area (Å²) in [5.74, 6) is -0.135. The lowest BCUT2D eigenvalue weighted by Gasteiger charge is -2.38. The van der Waals surface area contributed by atoms with Gasteiger partial charge < -0.3 is 9.64 Å². The number of pyridine rings is 1. The fourth-order valence-electron chi connectivity index (χ4n) is 3.47. The van der Waals surface area contributed by atoms with Crippen LogP contribution in [0.15, 0.2) is 48.7 Å². The summed E-state index contributed by atoms with van der Waals surface area (Å²) in [5, 5.41) is 9.78. The molecule has 1 amide bonds. The number of ether oxygens (including phenoxy) is 1. The number of benzene rings is 1. The molecule has 25 heavy (non-hydrogen) atoms. The second-order valence-electron chi connectivity index (χ2n) is 6.14. The number of amides is 1. The lowest BCUT2D eigenvalue weighted by molar-refractivity contribution is 0.0592. The molecule has 3 rings (SSSR count). The van der Waals surface area contributed by atoms with Gasteiger partial charge in [0.1, 0.15) is 5.56 Å². The maximum atomic E-state index is 13.1. The minimum Gasteiger partial charge on any atom is -0.480 e. The number of likely N-dealkylation sites (tertiary alicyclic amines) is 1. The van der Waals surface area contributed by atoms with E-state index in [4.69, 9.17) is 4.74 Å². The number of rotatable bonds is 4. The lowest BCUT2D eigenvalue weighted by atomic mass is 9.85. The van der Waals surface area contributed by atoms with Crippen molar-refractivity contribution >= 4 is 5.91 Å². The van der Waals surface area contributed by atoms with E-state index in [0.717, 1.165) is 24.8 Å². The predicted octanol–water partition coefficient (Wildman–Crippen LogP) is 3.39. The number of nitriles is 1. The maximum Gasteiger partial charge on any atom is 0.259 e. The third-order valence-corrected chi connectivity index (χ3v) is 4.69. The fraction of sp³-hybridized carbons (Fsp3) is 0.350. The highest BCUT2D eigenvalue weighted by molar-refractivity contribution is 5.96. The molecule has 1 aliphatic heterocycles. The summed E-state index contributed by atoms with van der Waals surface area (Å²) in [6.45, 7) is 0.645. The molecule has 0 spiro atoms. The molecule has 1 aliphatic rings. The van der Waals surface area contributed by atoms with Crippen LogP contribution < -0.4 is 4.74 Å². The van der Waals surface area contributed by atoms with E-state index in [-0.39, 0.29) is 17.9 Å². The second kappa shape index (κ2) is 7.80. The molecular formula is C20H21N3O2. The van der Waals surface area contributed by atoms with E-state index >= 15 is 0 Å². The van der Waals surface area contributed by atoms with Crippen molar-refractivity contribution in [1.29, 1.82) is 5.26 Å². The normalized spacial score (nSPS) is 18.2. The molecule has 2 aromatic rings. The van der Waals surface area contributed by atoms with Gasteiger partial charge in [-0.25, -0.2) is 4.98 Å². The Balaban J connectivity index is 1.93. The average molecular weight is 335 g/mol.